The van der Waals surface area contributed by atoms with Crippen LogP contribution in [0.15, 0.2) is 53.2 Å². The van der Waals surface area contributed by atoms with Gasteiger partial charge in [-0.25, -0.2) is 0 Å². The van der Waals surface area contributed by atoms with Crippen molar-refractivity contribution in [2.45, 2.75) is 45.4 Å². The van der Waals surface area contributed by atoms with Crippen molar-refractivity contribution in [3.05, 3.63) is 80.3 Å². The number of benzene rings is 2. The van der Waals surface area contributed by atoms with Gasteiger partial charge in [0.15, 0.2) is 0 Å². The largest absolute Gasteiger partial charge is 0.440 e. The zero-order chi connectivity index (χ0) is 24.4. The second-order valence-electron chi connectivity index (χ2n) is 7.71. The average Bonchev–Trinajstić information content (AvgIpc) is 3.14. The number of aryl methyl sites for hydroxylation is 1. The molecule has 2 aromatic rings. The van der Waals surface area contributed by atoms with E-state index in [0.717, 1.165) is 25.0 Å². The molecule has 33 heavy (non-hydrogen) atoms. The maximum Gasteiger partial charge on any atom is 0.440 e. The molecule has 1 atom stereocenters. The standard InChI is InChI=1S/C24H23Cl2F3N2O2/c1-4-6-9-30-22(32)19-8-7-15(10-14(19)3)21-20(5-2)23(33-31-21,24(27,28)29)16-11-17(25)13-18(26)12-16/h5,7-8,10-13H,4,6,9H2,1-3H3,(H,30,32)/b20-5-. The van der Waals surface area contributed by atoms with Crippen LogP contribution in [0, 0.1) is 6.92 Å². The van der Waals surface area contributed by atoms with E-state index in [9.17, 15) is 18.0 Å². The molecule has 0 saturated heterocycles. The molecule has 1 amide bonds. The van der Waals surface area contributed by atoms with Crippen molar-refractivity contribution >= 4 is 34.8 Å². The molecule has 176 valence electrons. The lowest BCUT2D eigenvalue weighted by molar-refractivity contribution is -0.261. The van der Waals surface area contributed by atoms with Gasteiger partial charge in [0.1, 0.15) is 5.71 Å². The molecule has 0 fully saturated rings. The van der Waals surface area contributed by atoms with Crippen molar-refractivity contribution < 1.29 is 22.8 Å². The molecule has 4 nitrogen and oxygen atoms in total. The van der Waals surface area contributed by atoms with Crippen LogP contribution in [0.2, 0.25) is 10.0 Å². The molecule has 0 bridgehead atoms. The Morgan fingerprint density at radius 3 is 2.39 bits per heavy atom. The van der Waals surface area contributed by atoms with E-state index < -0.39 is 11.8 Å². The van der Waals surface area contributed by atoms with Gasteiger partial charge < -0.3 is 10.2 Å². The first-order chi connectivity index (χ1) is 15.5. The molecule has 1 aliphatic rings. The number of hydrogen-bond donors (Lipinski definition) is 1. The predicted octanol–water partition coefficient (Wildman–Crippen LogP) is 6.97. The number of halogens is 5. The lowest BCUT2D eigenvalue weighted by atomic mass is 9.81. The number of nitrogens with one attached hydrogen (secondary N) is 1. The minimum absolute atomic E-state index is 0.0203. The highest BCUT2D eigenvalue weighted by Crippen LogP contribution is 2.52. The molecule has 1 N–H and O–H groups in total. The van der Waals surface area contributed by atoms with Gasteiger partial charge in [-0.1, -0.05) is 53.8 Å². The van der Waals surface area contributed by atoms with E-state index in [0.29, 0.717) is 23.2 Å². The summed E-state index contributed by atoms with van der Waals surface area (Å²) in [5.41, 5.74) is -1.86. The Kier molecular flexibility index (Phi) is 7.44. The van der Waals surface area contributed by atoms with E-state index in [1.807, 2.05) is 6.92 Å². The highest BCUT2D eigenvalue weighted by atomic mass is 35.5. The summed E-state index contributed by atoms with van der Waals surface area (Å²) < 4.78 is 43.5. The SMILES string of the molecule is C/C=C1/C(c2ccc(C(=O)NCCCC)c(C)c2)=NOC1(c1cc(Cl)cc(Cl)c1)C(F)(F)F. The molecular formula is C24H23Cl2F3N2O2. The third-order valence-corrected chi connectivity index (χ3v) is 5.86. The first-order valence-corrected chi connectivity index (χ1v) is 11.2. The third-order valence-electron chi connectivity index (χ3n) is 5.43. The Hall–Kier alpha value is -2.51. The van der Waals surface area contributed by atoms with Gasteiger partial charge in [0.25, 0.3) is 11.5 Å². The number of carbonyl (C=O) groups is 1. The molecule has 9 heteroatoms. The van der Waals surface area contributed by atoms with Gasteiger partial charge in [0.05, 0.1) is 0 Å². The van der Waals surface area contributed by atoms with Crippen molar-refractivity contribution in [1.29, 1.82) is 0 Å². The van der Waals surface area contributed by atoms with Crippen LogP contribution in [-0.2, 0) is 10.4 Å². The smallest absolute Gasteiger partial charge is 0.369 e. The Labute approximate surface area is 200 Å². The molecule has 0 radical (unpaired) electrons. The van der Waals surface area contributed by atoms with Gasteiger partial charge in [0.2, 0.25) is 0 Å². The number of amides is 1. The zero-order valence-corrected chi connectivity index (χ0v) is 19.8. The molecule has 1 aliphatic heterocycles. The van der Waals surface area contributed by atoms with Crippen LogP contribution in [0.1, 0.15) is 53.7 Å². The summed E-state index contributed by atoms with van der Waals surface area (Å²) in [7, 11) is 0. The number of allylic oxidation sites excluding steroid dienone is 1. The minimum Gasteiger partial charge on any atom is -0.369 e. The van der Waals surface area contributed by atoms with Gasteiger partial charge in [-0.2, -0.15) is 13.2 Å². The van der Waals surface area contributed by atoms with Crippen molar-refractivity contribution in [3.63, 3.8) is 0 Å². The highest BCUT2D eigenvalue weighted by molar-refractivity contribution is 6.34. The summed E-state index contributed by atoms with van der Waals surface area (Å²) in [4.78, 5) is 17.6. The second kappa shape index (κ2) is 9.77. The minimum atomic E-state index is -4.86. The molecular weight excluding hydrogens is 476 g/mol. The van der Waals surface area contributed by atoms with E-state index in [1.54, 1.807) is 25.1 Å². The molecule has 3 rings (SSSR count). The number of carbonyl (C=O) groups excluding carboxylic acids is 1. The van der Waals surface area contributed by atoms with Crippen LogP contribution in [-0.4, -0.2) is 24.3 Å². The fraction of sp³-hybridized carbons (Fsp3) is 0.333. The molecule has 1 heterocycles. The fourth-order valence-electron chi connectivity index (χ4n) is 3.80. The lowest BCUT2D eigenvalue weighted by Crippen LogP contribution is -2.44. The summed E-state index contributed by atoms with van der Waals surface area (Å²) >= 11 is 12.0. The summed E-state index contributed by atoms with van der Waals surface area (Å²) in [5, 5.41) is 6.76. The quantitative estimate of drug-likeness (QED) is 0.437. The monoisotopic (exact) mass is 498 g/mol. The number of hydrogen-bond acceptors (Lipinski definition) is 3. The molecule has 0 spiro atoms. The van der Waals surface area contributed by atoms with Crippen molar-refractivity contribution in [2.24, 2.45) is 5.16 Å². The van der Waals surface area contributed by atoms with Crippen LogP contribution in [0.25, 0.3) is 0 Å². The normalized spacial score (nSPS) is 19.4. The van der Waals surface area contributed by atoms with E-state index >= 15 is 0 Å². The molecule has 0 aliphatic carbocycles. The van der Waals surface area contributed by atoms with Gasteiger partial charge in [-0.05, 0) is 56.2 Å². The van der Waals surface area contributed by atoms with Gasteiger partial charge >= 0.3 is 6.18 Å². The zero-order valence-electron chi connectivity index (χ0n) is 18.3. The van der Waals surface area contributed by atoms with E-state index in [-0.39, 0.29) is 32.8 Å². The van der Waals surface area contributed by atoms with Gasteiger partial charge in [0, 0.05) is 38.9 Å². The van der Waals surface area contributed by atoms with Crippen LogP contribution in [0.3, 0.4) is 0 Å². The van der Waals surface area contributed by atoms with E-state index in [1.165, 1.54) is 19.1 Å². The third kappa shape index (κ3) is 4.75. The van der Waals surface area contributed by atoms with E-state index in [4.69, 9.17) is 28.0 Å². The first kappa shape index (κ1) is 25.1. The summed E-state index contributed by atoms with van der Waals surface area (Å²) in [6.07, 6.45) is -1.74. The second-order valence-corrected chi connectivity index (χ2v) is 8.58. The Balaban J connectivity index is 2.03. The number of oxime groups is 1. The van der Waals surface area contributed by atoms with Crippen molar-refractivity contribution in [1.82, 2.24) is 5.32 Å². The van der Waals surface area contributed by atoms with Crippen LogP contribution in [0.5, 0.6) is 0 Å². The molecule has 1 unspecified atom stereocenters. The average molecular weight is 499 g/mol. The van der Waals surface area contributed by atoms with Gasteiger partial charge in [-0.3, -0.25) is 4.79 Å². The van der Waals surface area contributed by atoms with Crippen LogP contribution >= 0.6 is 23.2 Å². The van der Waals surface area contributed by atoms with Crippen LogP contribution < -0.4 is 5.32 Å². The Bertz CT molecular complexity index is 1110. The maximum atomic E-state index is 14.5. The number of unbranched alkanes of at least 4 members (excludes halogenated alkanes) is 1. The topological polar surface area (TPSA) is 50.7 Å². The Morgan fingerprint density at radius 1 is 1.18 bits per heavy atom. The van der Waals surface area contributed by atoms with E-state index in [2.05, 4.69) is 10.5 Å². The molecule has 2 aromatic carbocycles. The number of rotatable bonds is 6. The first-order valence-electron chi connectivity index (χ1n) is 10.4. The number of alkyl halides is 3. The molecule has 0 saturated carbocycles. The molecule has 0 aromatic heterocycles. The Morgan fingerprint density at radius 2 is 1.85 bits per heavy atom. The summed E-state index contributed by atoms with van der Waals surface area (Å²) in [5.74, 6) is -0.235. The lowest BCUT2D eigenvalue weighted by Gasteiger charge is -2.31. The van der Waals surface area contributed by atoms with Crippen molar-refractivity contribution in [2.75, 3.05) is 6.54 Å². The summed E-state index contributed by atoms with van der Waals surface area (Å²) in [6, 6.07) is 8.43. The highest BCUT2D eigenvalue weighted by Gasteiger charge is 2.65. The van der Waals surface area contributed by atoms with Crippen LogP contribution in [0.4, 0.5) is 13.2 Å². The summed E-state index contributed by atoms with van der Waals surface area (Å²) in [6.45, 7) is 5.77. The number of nitrogens with zero attached hydrogens (tertiary/aromatic N) is 1. The van der Waals surface area contributed by atoms with Gasteiger partial charge in [-0.15, -0.1) is 0 Å². The van der Waals surface area contributed by atoms with Crippen molar-refractivity contribution in [3.8, 4) is 0 Å². The fourth-order valence-corrected chi connectivity index (χ4v) is 4.33. The predicted molar refractivity (Wildman–Crippen MR) is 124 cm³/mol. The maximum absolute atomic E-state index is 14.5.